The summed E-state index contributed by atoms with van der Waals surface area (Å²) in [5.74, 6) is 1.43. The van der Waals surface area contributed by atoms with Crippen LogP contribution in [0.25, 0.3) is 0 Å². The molecule has 1 spiro atoms. The van der Waals surface area contributed by atoms with Crippen LogP contribution in [0.3, 0.4) is 0 Å². The molecule has 7 aliphatic rings. The predicted molar refractivity (Wildman–Crippen MR) is 183 cm³/mol. The lowest BCUT2D eigenvalue weighted by molar-refractivity contribution is -0.186. The average molecular weight is 704 g/mol. The third kappa shape index (κ3) is 4.06. The molecule has 264 valence electrons. The van der Waals surface area contributed by atoms with Gasteiger partial charge >= 0.3 is 5.97 Å². The third-order valence-corrected chi connectivity index (χ3v) is 13.5. The summed E-state index contributed by atoms with van der Waals surface area (Å²) in [5.41, 5.74) is 5.38. The number of fused-ring (bicyclic) bond motifs is 9. The number of hydrogen-bond acceptors (Lipinski definition) is 13. The quantitative estimate of drug-likeness (QED) is 0.235. The van der Waals surface area contributed by atoms with E-state index in [2.05, 4.69) is 10.2 Å². The molecule has 10 rings (SSSR count). The van der Waals surface area contributed by atoms with E-state index in [1.54, 1.807) is 20.1 Å². The summed E-state index contributed by atoms with van der Waals surface area (Å²) in [7, 11) is 3.52. The minimum atomic E-state index is -1.24. The van der Waals surface area contributed by atoms with Crippen LogP contribution < -0.4 is 19.5 Å². The van der Waals surface area contributed by atoms with Gasteiger partial charge in [0.2, 0.25) is 6.79 Å². The van der Waals surface area contributed by atoms with E-state index < -0.39 is 41.1 Å². The van der Waals surface area contributed by atoms with Crippen molar-refractivity contribution >= 4 is 17.7 Å². The van der Waals surface area contributed by atoms with Crippen molar-refractivity contribution in [3.05, 3.63) is 68.3 Å². The van der Waals surface area contributed by atoms with Crippen molar-refractivity contribution in [3.8, 4) is 34.5 Å². The summed E-state index contributed by atoms with van der Waals surface area (Å²) in [4.78, 5) is 18.7. The molecule has 3 aromatic rings. The Morgan fingerprint density at radius 2 is 1.76 bits per heavy atom. The van der Waals surface area contributed by atoms with Crippen LogP contribution in [0.15, 0.2) is 18.2 Å². The van der Waals surface area contributed by atoms with E-state index in [9.17, 15) is 25.2 Å². The SMILES string of the molecule is COc1c(C)cc2c(c1O)[C@H]1C3[C@@H]4SC[C@]5(NCCc6cc(O)c(C)cc65)C(=O)OC[C@@H](c5c6c(c(C)c(O)c54)OCO6)N3[C@@H](O)[C@@H](C2)N1C. The van der Waals surface area contributed by atoms with Gasteiger partial charge in [0.25, 0.3) is 0 Å². The molecule has 0 radical (unpaired) electrons. The van der Waals surface area contributed by atoms with Crippen molar-refractivity contribution in [3.63, 3.8) is 0 Å². The largest absolute Gasteiger partial charge is 0.508 e. The van der Waals surface area contributed by atoms with Gasteiger partial charge in [-0.2, -0.15) is 0 Å². The molecule has 50 heavy (non-hydrogen) atoms. The zero-order valence-corrected chi connectivity index (χ0v) is 29.4. The Kier molecular flexibility index (Phi) is 7.09. The summed E-state index contributed by atoms with van der Waals surface area (Å²) in [6.45, 7) is 5.87. The number of methoxy groups -OCH3 is 1. The Labute approximate surface area is 293 Å². The number of aliphatic hydroxyl groups excluding tert-OH is 1. The second-order valence-corrected chi connectivity index (χ2v) is 15.6. The van der Waals surface area contributed by atoms with E-state index in [0.717, 1.165) is 27.8 Å². The van der Waals surface area contributed by atoms with Gasteiger partial charge in [-0.3, -0.25) is 15.1 Å². The maximum absolute atomic E-state index is 14.5. The molecule has 0 aromatic heterocycles. The number of thioether (sulfide) groups is 1. The van der Waals surface area contributed by atoms with Crippen LogP contribution in [-0.2, 0) is 27.9 Å². The second kappa shape index (κ2) is 11.1. The van der Waals surface area contributed by atoms with E-state index in [0.29, 0.717) is 58.9 Å². The van der Waals surface area contributed by atoms with Gasteiger partial charge in [-0.1, -0.05) is 6.07 Å². The van der Waals surface area contributed by atoms with Crippen LogP contribution in [-0.4, -0.2) is 94.4 Å². The zero-order chi connectivity index (χ0) is 35.0. The summed E-state index contributed by atoms with van der Waals surface area (Å²) in [5, 5.41) is 50.0. The number of piperazine rings is 1. The molecule has 3 aromatic carbocycles. The molecule has 2 saturated heterocycles. The minimum absolute atomic E-state index is 0.0211. The van der Waals surface area contributed by atoms with E-state index in [-0.39, 0.29) is 42.4 Å². The van der Waals surface area contributed by atoms with Crippen LogP contribution >= 0.6 is 11.8 Å². The van der Waals surface area contributed by atoms with Crippen LogP contribution in [0.1, 0.15) is 67.4 Å². The Morgan fingerprint density at radius 1 is 0.980 bits per heavy atom. The van der Waals surface area contributed by atoms with E-state index in [1.165, 1.54) is 11.8 Å². The average Bonchev–Trinajstić information content (AvgIpc) is 3.58. The third-order valence-electron chi connectivity index (χ3n) is 12.1. The fraction of sp³-hybridized carbons (Fsp3) is 0.486. The zero-order valence-electron chi connectivity index (χ0n) is 28.6. The molecule has 1 unspecified atom stereocenters. The van der Waals surface area contributed by atoms with Crippen molar-refractivity contribution in [2.75, 3.05) is 39.9 Å². The number of carbonyl (C=O) groups is 1. The molecule has 7 heterocycles. The van der Waals surface area contributed by atoms with E-state index in [4.69, 9.17) is 18.9 Å². The van der Waals surface area contributed by atoms with Crippen molar-refractivity contribution in [2.24, 2.45) is 0 Å². The minimum Gasteiger partial charge on any atom is -0.508 e. The van der Waals surface area contributed by atoms with E-state index in [1.807, 2.05) is 37.9 Å². The van der Waals surface area contributed by atoms with Crippen LogP contribution in [0.4, 0.5) is 0 Å². The molecular weight excluding hydrogens is 662 g/mol. The lowest BCUT2D eigenvalue weighted by Crippen LogP contribution is -2.70. The van der Waals surface area contributed by atoms with Gasteiger partial charge < -0.3 is 39.4 Å². The lowest BCUT2D eigenvalue weighted by Gasteiger charge is -2.62. The molecule has 0 aliphatic carbocycles. The molecule has 2 fully saturated rings. The van der Waals surface area contributed by atoms with Crippen molar-refractivity contribution < 1.29 is 44.2 Å². The highest BCUT2D eigenvalue weighted by molar-refractivity contribution is 7.99. The predicted octanol–water partition coefficient (Wildman–Crippen LogP) is 3.49. The first-order chi connectivity index (χ1) is 24.0. The molecule has 0 saturated carbocycles. The van der Waals surface area contributed by atoms with Crippen LogP contribution in [0.2, 0.25) is 0 Å². The Balaban J connectivity index is 1.30. The molecule has 7 aliphatic heterocycles. The van der Waals surface area contributed by atoms with Crippen molar-refractivity contribution in [1.29, 1.82) is 0 Å². The topological polar surface area (TPSA) is 153 Å². The fourth-order valence-corrected chi connectivity index (χ4v) is 11.4. The van der Waals surface area contributed by atoms with Crippen molar-refractivity contribution in [2.45, 2.75) is 74.8 Å². The van der Waals surface area contributed by atoms with Gasteiger partial charge in [0.15, 0.2) is 28.5 Å². The number of phenolic OH excluding ortho intramolecular Hbond substituents is 3. The van der Waals surface area contributed by atoms with Gasteiger partial charge in [-0.15, -0.1) is 11.8 Å². The fourth-order valence-electron chi connectivity index (χ4n) is 9.70. The maximum Gasteiger partial charge on any atom is 0.331 e. The number of phenols is 3. The molecule has 0 amide bonds. The number of esters is 1. The maximum atomic E-state index is 14.5. The Hall–Kier alpha value is -3.88. The van der Waals surface area contributed by atoms with Gasteiger partial charge in [0, 0.05) is 40.6 Å². The molecule has 7 atom stereocenters. The molecule has 12 nitrogen and oxygen atoms in total. The first-order valence-corrected chi connectivity index (χ1v) is 18.1. The van der Waals surface area contributed by atoms with Crippen molar-refractivity contribution in [1.82, 2.24) is 15.1 Å². The standard InChI is InChI=1S/C37H41N3O9S/c1-15-9-20-18(11-23(15)41)6-7-38-37(20)13-50-34-26-25(33-32(48-14-49-33)17(3)29(26)42)22(12-47-36(37)45)40-28(34)27-24-19(10-21(35(40)44)39(27)4)8-16(2)31(46-5)30(24)43/h8-9,11,21-22,27-28,34-35,38,41-44H,6-7,10,12-14H2,1-5H3/t21-,22+,27+,28?,34-,35+,37-/m1/s1. The number of aliphatic hydroxyl groups is 1. The first-order valence-electron chi connectivity index (χ1n) is 17.1. The summed E-state index contributed by atoms with van der Waals surface area (Å²) in [6.07, 6.45) is 0.123. The normalized spacial score (nSPS) is 31.0. The van der Waals surface area contributed by atoms with Gasteiger partial charge in [0.05, 0.1) is 30.5 Å². The molecular formula is C37H41N3O9S. The summed E-state index contributed by atoms with van der Waals surface area (Å²) >= 11 is 1.50. The first kappa shape index (κ1) is 32.1. The number of aryl methyl sites for hydroxylation is 2. The molecule has 13 heteroatoms. The number of ether oxygens (including phenoxy) is 4. The second-order valence-electron chi connectivity index (χ2n) is 14.5. The number of nitrogens with one attached hydrogen (secondary N) is 1. The highest BCUT2D eigenvalue weighted by Gasteiger charge is 2.61. The summed E-state index contributed by atoms with van der Waals surface area (Å²) < 4.78 is 24.0. The smallest absolute Gasteiger partial charge is 0.331 e. The highest BCUT2D eigenvalue weighted by atomic mass is 32.2. The number of likely N-dealkylation sites (N-methyl/N-ethyl adjacent to an activating group) is 1. The van der Waals surface area contributed by atoms with Gasteiger partial charge in [0.1, 0.15) is 24.3 Å². The number of benzene rings is 3. The van der Waals surface area contributed by atoms with Crippen LogP contribution in [0.5, 0.6) is 34.5 Å². The van der Waals surface area contributed by atoms with Crippen LogP contribution in [0, 0.1) is 20.8 Å². The Bertz CT molecular complexity index is 1990. The summed E-state index contributed by atoms with van der Waals surface area (Å²) in [6, 6.07) is 3.65. The number of nitrogens with zero attached hydrogens (tertiary/aromatic N) is 2. The molecule has 4 bridgehead atoms. The Morgan fingerprint density at radius 3 is 2.54 bits per heavy atom. The number of hydrogen-bond donors (Lipinski definition) is 5. The van der Waals surface area contributed by atoms with E-state index >= 15 is 0 Å². The molecule has 5 N–H and O–H groups in total. The number of aromatic hydroxyl groups is 3. The highest BCUT2D eigenvalue weighted by Crippen LogP contribution is 2.64. The number of carbonyl (C=O) groups excluding carboxylic acids is 1. The lowest BCUT2D eigenvalue weighted by atomic mass is 9.73. The van der Waals surface area contributed by atoms with Gasteiger partial charge in [-0.05, 0) is 80.6 Å². The monoisotopic (exact) mass is 703 g/mol. The number of rotatable bonds is 1. The van der Waals surface area contributed by atoms with Gasteiger partial charge in [-0.25, -0.2) is 4.79 Å².